The molecule has 0 aromatic rings. The topological polar surface area (TPSA) is 21.3 Å². The maximum atomic E-state index is 6.07. The summed E-state index contributed by atoms with van der Waals surface area (Å²) >= 11 is 1.95. The third-order valence-corrected chi connectivity index (χ3v) is 5.12. The van der Waals surface area contributed by atoms with E-state index < -0.39 is 0 Å². The second kappa shape index (κ2) is 6.44. The molecule has 1 aliphatic carbocycles. The van der Waals surface area contributed by atoms with Gasteiger partial charge in [-0.25, -0.2) is 0 Å². The van der Waals surface area contributed by atoms with Gasteiger partial charge in [-0.3, -0.25) is 0 Å². The second-order valence-electron chi connectivity index (χ2n) is 5.90. The Morgan fingerprint density at radius 2 is 2.18 bits per heavy atom. The summed E-state index contributed by atoms with van der Waals surface area (Å²) in [5.41, 5.74) is 0.263. The van der Waals surface area contributed by atoms with Crippen LogP contribution in [-0.2, 0) is 4.74 Å². The van der Waals surface area contributed by atoms with E-state index in [1.54, 1.807) is 0 Å². The van der Waals surface area contributed by atoms with Crippen LogP contribution in [0.5, 0.6) is 0 Å². The molecule has 1 N–H and O–H groups in total. The number of ether oxygens (including phenoxy) is 1. The summed E-state index contributed by atoms with van der Waals surface area (Å²) in [5, 5.41) is 3.76. The molecule has 2 unspecified atom stereocenters. The molecule has 1 saturated carbocycles. The molecule has 1 heterocycles. The van der Waals surface area contributed by atoms with E-state index in [9.17, 15) is 0 Å². The highest BCUT2D eigenvalue weighted by Crippen LogP contribution is 2.39. The molecule has 0 aromatic carbocycles. The number of hydrogen-bond acceptors (Lipinski definition) is 3. The molecule has 0 aromatic heterocycles. The fraction of sp³-hybridized carbons (Fsp3) is 1.00. The van der Waals surface area contributed by atoms with Gasteiger partial charge >= 0.3 is 0 Å². The molecule has 2 nitrogen and oxygen atoms in total. The SMILES string of the molecule is CSCC(C)CNC1CCOC2(CCCC2)C1. The van der Waals surface area contributed by atoms with Crippen molar-refractivity contribution in [2.45, 2.75) is 57.1 Å². The van der Waals surface area contributed by atoms with E-state index in [0.29, 0.717) is 6.04 Å². The van der Waals surface area contributed by atoms with Gasteiger partial charge in [0.15, 0.2) is 0 Å². The minimum Gasteiger partial charge on any atom is -0.375 e. The molecular weight excluding hydrogens is 230 g/mol. The molecule has 2 fully saturated rings. The monoisotopic (exact) mass is 257 g/mol. The van der Waals surface area contributed by atoms with Crippen LogP contribution < -0.4 is 5.32 Å². The van der Waals surface area contributed by atoms with Crippen molar-refractivity contribution in [1.82, 2.24) is 5.32 Å². The fourth-order valence-corrected chi connectivity index (χ4v) is 3.97. The Bertz CT molecular complexity index is 228. The summed E-state index contributed by atoms with van der Waals surface area (Å²) in [6.07, 6.45) is 9.98. The number of hydrogen-bond donors (Lipinski definition) is 1. The Balaban J connectivity index is 1.74. The minimum absolute atomic E-state index is 0.263. The highest BCUT2D eigenvalue weighted by atomic mass is 32.2. The fourth-order valence-electron chi connectivity index (χ4n) is 3.28. The average Bonchev–Trinajstić information content (AvgIpc) is 2.75. The van der Waals surface area contributed by atoms with Crippen LogP contribution in [0.15, 0.2) is 0 Å². The Morgan fingerprint density at radius 1 is 1.41 bits per heavy atom. The maximum Gasteiger partial charge on any atom is 0.0697 e. The molecule has 17 heavy (non-hydrogen) atoms. The molecule has 2 aliphatic rings. The zero-order chi connectivity index (χ0) is 12.1. The summed E-state index contributed by atoms with van der Waals surface area (Å²) in [7, 11) is 0. The van der Waals surface area contributed by atoms with E-state index in [1.165, 1.54) is 50.8 Å². The Morgan fingerprint density at radius 3 is 2.88 bits per heavy atom. The highest BCUT2D eigenvalue weighted by Gasteiger charge is 2.39. The quantitative estimate of drug-likeness (QED) is 0.818. The molecular formula is C14H27NOS. The Labute approximate surface area is 110 Å². The number of rotatable bonds is 5. The molecule has 2 rings (SSSR count). The first-order chi connectivity index (χ1) is 8.24. The zero-order valence-corrected chi connectivity index (χ0v) is 12.2. The molecule has 100 valence electrons. The van der Waals surface area contributed by atoms with Crippen molar-refractivity contribution < 1.29 is 4.74 Å². The third-order valence-electron chi connectivity index (χ3n) is 4.21. The zero-order valence-electron chi connectivity index (χ0n) is 11.3. The molecule has 0 amide bonds. The van der Waals surface area contributed by atoms with Crippen molar-refractivity contribution in [2.75, 3.05) is 25.2 Å². The molecule has 1 spiro atoms. The molecule has 2 atom stereocenters. The van der Waals surface area contributed by atoms with Crippen molar-refractivity contribution in [3.8, 4) is 0 Å². The van der Waals surface area contributed by atoms with Crippen LogP contribution in [0.1, 0.15) is 45.4 Å². The largest absolute Gasteiger partial charge is 0.375 e. The van der Waals surface area contributed by atoms with E-state index in [-0.39, 0.29) is 5.60 Å². The number of thioether (sulfide) groups is 1. The summed E-state index contributed by atoms with van der Waals surface area (Å²) < 4.78 is 6.07. The second-order valence-corrected chi connectivity index (χ2v) is 6.81. The lowest BCUT2D eigenvalue weighted by Gasteiger charge is -2.39. The van der Waals surface area contributed by atoms with Crippen LogP contribution in [0.4, 0.5) is 0 Å². The predicted octanol–water partition coefficient (Wildman–Crippen LogP) is 3.07. The van der Waals surface area contributed by atoms with Crippen LogP contribution in [0.25, 0.3) is 0 Å². The van der Waals surface area contributed by atoms with Crippen molar-refractivity contribution in [2.24, 2.45) is 5.92 Å². The van der Waals surface area contributed by atoms with Gasteiger partial charge in [0.05, 0.1) is 5.60 Å². The van der Waals surface area contributed by atoms with E-state index >= 15 is 0 Å². The standard InChI is InChI=1S/C14H27NOS/c1-12(11-17-2)10-15-13-5-8-16-14(9-13)6-3-4-7-14/h12-13,15H,3-11H2,1-2H3. The number of nitrogens with one attached hydrogen (secondary N) is 1. The van der Waals surface area contributed by atoms with E-state index in [1.807, 2.05) is 11.8 Å². The maximum absolute atomic E-state index is 6.07. The molecule has 0 bridgehead atoms. The predicted molar refractivity (Wildman–Crippen MR) is 75.7 cm³/mol. The van der Waals surface area contributed by atoms with Crippen LogP contribution in [0.3, 0.4) is 0 Å². The summed E-state index contributed by atoms with van der Waals surface area (Å²) in [5.74, 6) is 2.05. The molecule has 1 aliphatic heterocycles. The van der Waals surface area contributed by atoms with Crippen molar-refractivity contribution in [3.05, 3.63) is 0 Å². The van der Waals surface area contributed by atoms with Gasteiger partial charge in [0.1, 0.15) is 0 Å². The van der Waals surface area contributed by atoms with Gasteiger partial charge in [0, 0.05) is 12.6 Å². The van der Waals surface area contributed by atoms with Crippen molar-refractivity contribution >= 4 is 11.8 Å². The average molecular weight is 257 g/mol. The molecule has 3 heteroatoms. The third kappa shape index (κ3) is 3.87. The summed E-state index contributed by atoms with van der Waals surface area (Å²) in [6, 6.07) is 0.700. The van der Waals surface area contributed by atoms with Gasteiger partial charge in [-0.05, 0) is 50.2 Å². The Hall–Kier alpha value is 0.270. The van der Waals surface area contributed by atoms with E-state index in [0.717, 1.165) is 12.5 Å². The lowest BCUT2D eigenvalue weighted by Crippen LogP contribution is -2.46. The minimum atomic E-state index is 0.263. The van der Waals surface area contributed by atoms with Gasteiger partial charge < -0.3 is 10.1 Å². The lowest BCUT2D eigenvalue weighted by atomic mass is 9.89. The van der Waals surface area contributed by atoms with Gasteiger partial charge in [0.2, 0.25) is 0 Å². The smallest absolute Gasteiger partial charge is 0.0697 e. The first-order valence-electron chi connectivity index (χ1n) is 7.10. The van der Waals surface area contributed by atoms with Crippen LogP contribution >= 0.6 is 11.8 Å². The van der Waals surface area contributed by atoms with Gasteiger partial charge in [-0.2, -0.15) is 11.8 Å². The van der Waals surface area contributed by atoms with Gasteiger partial charge in [-0.1, -0.05) is 19.8 Å². The van der Waals surface area contributed by atoms with Crippen LogP contribution in [0, 0.1) is 5.92 Å². The normalized spacial score (nSPS) is 29.6. The summed E-state index contributed by atoms with van der Waals surface area (Å²) in [6.45, 7) is 4.48. The van der Waals surface area contributed by atoms with Crippen molar-refractivity contribution in [3.63, 3.8) is 0 Å². The molecule has 1 saturated heterocycles. The lowest BCUT2D eigenvalue weighted by molar-refractivity contribution is -0.0837. The first kappa shape index (κ1) is 13.7. The van der Waals surface area contributed by atoms with Gasteiger partial charge in [-0.15, -0.1) is 0 Å². The van der Waals surface area contributed by atoms with Crippen LogP contribution in [0.2, 0.25) is 0 Å². The Kier molecular flexibility index (Phi) is 5.19. The molecule has 0 radical (unpaired) electrons. The van der Waals surface area contributed by atoms with E-state index in [2.05, 4.69) is 18.5 Å². The first-order valence-corrected chi connectivity index (χ1v) is 8.50. The summed E-state index contributed by atoms with van der Waals surface area (Å²) in [4.78, 5) is 0. The van der Waals surface area contributed by atoms with Crippen molar-refractivity contribution in [1.29, 1.82) is 0 Å². The highest BCUT2D eigenvalue weighted by molar-refractivity contribution is 7.98. The van der Waals surface area contributed by atoms with Crippen LogP contribution in [-0.4, -0.2) is 36.8 Å². The van der Waals surface area contributed by atoms with E-state index in [4.69, 9.17) is 4.74 Å². The van der Waals surface area contributed by atoms with Gasteiger partial charge in [0.25, 0.3) is 0 Å².